The van der Waals surface area contributed by atoms with Crippen molar-refractivity contribution in [2.24, 2.45) is 5.92 Å². The highest BCUT2D eigenvalue weighted by Gasteiger charge is 2.24. The zero-order valence-electron chi connectivity index (χ0n) is 11.6. The molecule has 1 rings (SSSR count). The molecule has 6 heteroatoms. The molecule has 0 aliphatic rings. The van der Waals surface area contributed by atoms with Crippen molar-refractivity contribution in [2.75, 3.05) is 6.54 Å². The van der Waals surface area contributed by atoms with Crippen LogP contribution in [0, 0.1) is 5.92 Å². The molecule has 0 aromatic carbocycles. The Bertz CT molecular complexity index is 484. The van der Waals surface area contributed by atoms with E-state index in [1.807, 2.05) is 0 Å². The topological polar surface area (TPSA) is 79.3 Å². The van der Waals surface area contributed by atoms with Gasteiger partial charge in [-0.15, -0.1) is 0 Å². The van der Waals surface area contributed by atoms with E-state index in [-0.39, 0.29) is 11.4 Å². The van der Waals surface area contributed by atoms with Crippen LogP contribution in [0.4, 0.5) is 0 Å². The zero-order valence-corrected chi connectivity index (χ0v) is 12.4. The summed E-state index contributed by atoms with van der Waals surface area (Å²) in [5.41, 5.74) is -1.04. The highest BCUT2D eigenvalue weighted by atomic mass is 32.2. The van der Waals surface area contributed by atoms with Crippen LogP contribution in [0.2, 0.25) is 0 Å². The van der Waals surface area contributed by atoms with Crippen LogP contribution in [0.15, 0.2) is 29.4 Å². The van der Waals surface area contributed by atoms with E-state index < -0.39 is 15.6 Å². The molecule has 0 spiro atoms. The van der Waals surface area contributed by atoms with Crippen LogP contribution >= 0.6 is 0 Å². The summed E-state index contributed by atoms with van der Waals surface area (Å²) in [6.07, 6.45) is 4.20. The van der Waals surface area contributed by atoms with E-state index in [0.717, 1.165) is 6.42 Å². The summed E-state index contributed by atoms with van der Waals surface area (Å²) < 4.78 is 26.3. The van der Waals surface area contributed by atoms with Gasteiger partial charge in [-0.05, 0) is 37.8 Å². The van der Waals surface area contributed by atoms with Crippen LogP contribution in [0.1, 0.15) is 33.6 Å². The van der Waals surface area contributed by atoms with Crippen molar-refractivity contribution in [3.8, 4) is 0 Å². The van der Waals surface area contributed by atoms with E-state index in [1.54, 1.807) is 13.0 Å². The van der Waals surface area contributed by atoms with Gasteiger partial charge in [0.1, 0.15) is 4.90 Å². The first-order valence-electron chi connectivity index (χ1n) is 6.35. The second-order valence-corrected chi connectivity index (χ2v) is 7.21. The molecule has 0 bridgehead atoms. The Kier molecular flexibility index (Phi) is 5.46. The summed E-state index contributed by atoms with van der Waals surface area (Å²) >= 11 is 0. The van der Waals surface area contributed by atoms with Gasteiger partial charge in [-0.1, -0.05) is 13.8 Å². The number of sulfonamides is 1. The van der Waals surface area contributed by atoms with E-state index >= 15 is 0 Å². The molecule has 0 saturated carbocycles. The van der Waals surface area contributed by atoms with Crippen LogP contribution in [-0.2, 0) is 10.0 Å². The number of aliphatic hydroxyl groups is 1. The fraction of sp³-hybridized carbons (Fsp3) is 0.615. The molecule has 1 aromatic heterocycles. The molecule has 2 N–H and O–H groups in total. The number of rotatable bonds is 7. The quantitative estimate of drug-likeness (QED) is 0.797. The molecule has 1 unspecified atom stereocenters. The first kappa shape index (κ1) is 16.1. The van der Waals surface area contributed by atoms with Crippen LogP contribution in [0.25, 0.3) is 0 Å². The summed E-state index contributed by atoms with van der Waals surface area (Å²) in [5, 5.41) is 10.1. The van der Waals surface area contributed by atoms with E-state index in [1.165, 1.54) is 18.5 Å². The zero-order chi connectivity index (χ0) is 14.5. The smallest absolute Gasteiger partial charge is 0.242 e. The third kappa shape index (κ3) is 5.67. The molecule has 0 fully saturated rings. The average Bonchev–Trinajstić information content (AvgIpc) is 2.36. The van der Waals surface area contributed by atoms with Gasteiger partial charge in [0.2, 0.25) is 10.0 Å². The van der Waals surface area contributed by atoms with Gasteiger partial charge in [0.15, 0.2) is 0 Å². The van der Waals surface area contributed by atoms with Crippen molar-refractivity contribution >= 4 is 10.0 Å². The number of hydrogen-bond donors (Lipinski definition) is 2. The normalized spacial score (nSPS) is 15.4. The van der Waals surface area contributed by atoms with Crippen molar-refractivity contribution in [1.82, 2.24) is 9.71 Å². The molecular formula is C13H22N2O3S. The lowest BCUT2D eigenvalue weighted by Gasteiger charge is -2.24. The van der Waals surface area contributed by atoms with Gasteiger partial charge in [0, 0.05) is 18.9 Å². The molecule has 0 aliphatic carbocycles. The minimum Gasteiger partial charge on any atom is -0.389 e. The second kappa shape index (κ2) is 6.45. The predicted molar refractivity (Wildman–Crippen MR) is 74.1 cm³/mol. The SMILES string of the molecule is CC(C)CCC(C)(O)CNS(=O)(=O)c1cccnc1. The van der Waals surface area contributed by atoms with Crippen LogP contribution in [-0.4, -0.2) is 30.7 Å². The van der Waals surface area contributed by atoms with Crippen LogP contribution < -0.4 is 4.72 Å². The maximum atomic E-state index is 12.0. The Morgan fingerprint density at radius 2 is 2.16 bits per heavy atom. The summed E-state index contributed by atoms with van der Waals surface area (Å²) in [4.78, 5) is 3.88. The summed E-state index contributed by atoms with van der Waals surface area (Å²) in [6, 6.07) is 3.03. The molecule has 108 valence electrons. The van der Waals surface area contributed by atoms with E-state index in [9.17, 15) is 13.5 Å². The van der Waals surface area contributed by atoms with Crippen molar-refractivity contribution in [2.45, 2.75) is 44.1 Å². The van der Waals surface area contributed by atoms with E-state index in [0.29, 0.717) is 12.3 Å². The molecule has 5 nitrogen and oxygen atoms in total. The summed E-state index contributed by atoms with van der Waals surface area (Å²) in [5.74, 6) is 0.474. The fourth-order valence-corrected chi connectivity index (χ4v) is 2.65. The third-order valence-electron chi connectivity index (χ3n) is 2.85. The average molecular weight is 286 g/mol. The molecule has 0 saturated heterocycles. The number of hydrogen-bond acceptors (Lipinski definition) is 4. The Morgan fingerprint density at radius 3 is 2.68 bits per heavy atom. The standard InChI is InChI=1S/C13H22N2O3S/c1-11(2)6-7-13(3,16)10-15-19(17,18)12-5-4-8-14-9-12/h4-5,8-9,11,15-16H,6-7,10H2,1-3H3. The fourth-order valence-electron chi connectivity index (χ4n) is 1.53. The first-order valence-corrected chi connectivity index (χ1v) is 7.83. The Hall–Kier alpha value is -0.980. The highest BCUT2D eigenvalue weighted by molar-refractivity contribution is 7.89. The molecule has 1 aromatic rings. The second-order valence-electron chi connectivity index (χ2n) is 5.44. The number of pyridine rings is 1. The third-order valence-corrected chi connectivity index (χ3v) is 4.23. The summed E-state index contributed by atoms with van der Waals surface area (Å²) in [6.45, 7) is 5.77. The maximum Gasteiger partial charge on any atom is 0.242 e. The van der Waals surface area contributed by atoms with Gasteiger partial charge in [0.25, 0.3) is 0 Å². The molecule has 1 atom stereocenters. The van der Waals surface area contributed by atoms with Gasteiger partial charge in [-0.3, -0.25) is 4.98 Å². The van der Waals surface area contributed by atoms with E-state index in [4.69, 9.17) is 0 Å². The highest BCUT2D eigenvalue weighted by Crippen LogP contribution is 2.16. The minimum atomic E-state index is -3.60. The molecular weight excluding hydrogens is 264 g/mol. The van der Waals surface area contributed by atoms with Crippen LogP contribution in [0.5, 0.6) is 0 Å². The molecule has 0 aliphatic heterocycles. The van der Waals surface area contributed by atoms with Crippen LogP contribution in [0.3, 0.4) is 0 Å². The van der Waals surface area contributed by atoms with Gasteiger partial charge >= 0.3 is 0 Å². The largest absolute Gasteiger partial charge is 0.389 e. The van der Waals surface area contributed by atoms with Gasteiger partial charge < -0.3 is 5.11 Å². The molecule has 1 heterocycles. The Balaban J connectivity index is 2.61. The summed E-state index contributed by atoms with van der Waals surface area (Å²) in [7, 11) is -3.60. The lowest BCUT2D eigenvalue weighted by atomic mass is 9.96. The Morgan fingerprint density at radius 1 is 1.47 bits per heavy atom. The first-order chi connectivity index (χ1) is 8.73. The number of nitrogens with zero attached hydrogens (tertiary/aromatic N) is 1. The molecule has 0 radical (unpaired) electrons. The molecule has 19 heavy (non-hydrogen) atoms. The van der Waals surface area contributed by atoms with Gasteiger partial charge in [-0.25, -0.2) is 13.1 Å². The minimum absolute atomic E-state index is 0.00303. The van der Waals surface area contributed by atoms with Crippen molar-refractivity contribution in [3.63, 3.8) is 0 Å². The van der Waals surface area contributed by atoms with Crippen molar-refractivity contribution < 1.29 is 13.5 Å². The monoisotopic (exact) mass is 286 g/mol. The van der Waals surface area contributed by atoms with E-state index in [2.05, 4.69) is 23.6 Å². The Labute approximate surface area is 115 Å². The van der Waals surface area contributed by atoms with Crippen molar-refractivity contribution in [3.05, 3.63) is 24.5 Å². The molecule has 0 amide bonds. The lowest BCUT2D eigenvalue weighted by molar-refractivity contribution is 0.0506. The van der Waals surface area contributed by atoms with Gasteiger partial charge in [0.05, 0.1) is 5.60 Å². The number of nitrogens with one attached hydrogen (secondary N) is 1. The van der Waals surface area contributed by atoms with Crippen molar-refractivity contribution in [1.29, 1.82) is 0 Å². The number of aromatic nitrogens is 1. The van der Waals surface area contributed by atoms with Gasteiger partial charge in [-0.2, -0.15) is 0 Å². The maximum absolute atomic E-state index is 12.0. The lowest BCUT2D eigenvalue weighted by Crippen LogP contribution is -2.40. The predicted octanol–water partition coefficient (Wildman–Crippen LogP) is 1.55.